The molecule has 1 unspecified atom stereocenters. The van der Waals surface area contributed by atoms with Gasteiger partial charge in [0.15, 0.2) is 6.10 Å². The number of ether oxygens (including phenoxy) is 3. The normalized spacial score (nSPS) is 12.5. The zero-order valence-electron chi connectivity index (χ0n) is 43.0. The lowest BCUT2D eigenvalue weighted by atomic mass is 10.1. The van der Waals surface area contributed by atoms with Crippen molar-refractivity contribution in [2.45, 2.75) is 284 Å². The van der Waals surface area contributed by atoms with Crippen LogP contribution in [0.1, 0.15) is 278 Å². The Balaban J connectivity index is 4.34. The molecule has 0 aliphatic rings. The topological polar surface area (TPSA) is 78.9 Å². The maximum atomic E-state index is 12.8. The lowest BCUT2D eigenvalue weighted by Gasteiger charge is -2.18. The van der Waals surface area contributed by atoms with Crippen molar-refractivity contribution >= 4 is 17.9 Å². The third-order valence-corrected chi connectivity index (χ3v) is 11.9. The van der Waals surface area contributed by atoms with Crippen LogP contribution in [-0.2, 0) is 28.6 Å². The molecule has 0 aliphatic carbocycles. The summed E-state index contributed by atoms with van der Waals surface area (Å²) in [6.07, 6.45) is 66.3. The maximum Gasteiger partial charge on any atom is 0.306 e. The molecule has 0 aromatic carbocycles. The molecular formula is C59H104O6. The third-order valence-electron chi connectivity index (χ3n) is 11.9. The summed E-state index contributed by atoms with van der Waals surface area (Å²) in [6.45, 7) is 6.54. The van der Waals surface area contributed by atoms with Gasteiger partial charge < -0.3 is 14.2 Å². The van der Waals surface area contributed by atoms with Crippen LogP contribution in [0, 0.1) is 0 Å². The molecule has 0 aromatic heterocycles. The highest BCUT2D eigenvalue weighted by molar-refractivity contribution is 5.71. The second-order valence-electron chi connectivity index (χ2n) is 18.5. The highest BCUT2D eigenvalue weighted by Gasteiger charge is 2.19. The van der Waals surface area contributed by atoms with E-state index in [9.17, 15) is 14.4 Å². The predicted octanol–water partition coefficient (Wildman–Crippen LogP) is 18.4. The molecule has 0 saturated carbocycles. The Labute approximate surface area is 402 Å². The average molecular weight is 909 g/mol. The van der Waals surface area contributed by atoms with Crippen molar-refractivity contribution < 1.29 is 28.6 Å². The highest BCUT2D eigenvalue weighted by atomic mass is 16.6. The minimum absolute atomic E-state index is 0.0843. The first-order chi connectivity index (χ1) is 32.0. The Morgan fingerprint density at radius 2 is 0.585 bits per heavy atom. The summed E-state index contributed by atoms with van der Waals surface area (Å²) in [5.41, 5.74) is 0. The van der Waals surface area contributed by atoms with E-state index in [-0.39, 0.29) is 31.1 Å². The van der Waals surface area contributed by atoms with Crippen molar-refractivity contribution in [3.63, 3.8) is 0 Å². The molecule has 1 atom stereocenters. The predicted molar refractivity (Wildman–Crippen MR) is 279 cm³/mol. The highest BCUT2D eigenvalue weighted by Crippen LogP contribution is 2.15. The molecule has 0 aromatic rings. The number of carbonyl (C=O) groups is 3. The fourth-order valence-corrected chi connectivity index (χ4v) is 7.74. The van der Waals surface area contributed by atoms with Crippen LogP contribution in [0.5, 0.6) is 0 Å². The quantitative estimate of drug-likeness (QED) is 0.0262. The summed E-state index contributed by atoms with van der Waals surface area (Å²) in [6, 6.07) is 0. The summed E-state index contributed by atoms with van der Waals surface area (Å²) in [5, 5.41) is 0. The van der Waals surface area contributed by atoms with E-state index < -0.39 is 6.10 Å². The van der Waals surface area contributed by atoms with Crippen LogP contribution >= 0.6 is 0 Å². The molecule has 0 radical (unpaired) electrons. The summed E-state index contributed by atoms with van der Waals surface area (Å²) in [5.74, 6) is -0.905. The van der Waals surface area contributed by atoms with Gasteiger partial charge in [-0.05, 0) is 103 Å². The Morgan fingerprint density at radius 3 is 0.938 bits per heavy atom. The molecule has 0 spiro atoms. The van der Waals surface area contributed by atoms with Crippen LogP contribution in [0.4, 0.5) is 0 Å². The number of esters is 3. The SMILES string of the molecule is CCC/C=C\C/C=C\CCCCCCCC(=O)OC(COC(=O)CCCCCCC/C=C\CCCCCC)COC(=O)CCCCCCCCCCC/C=C\C/C=C\CCCCCCC. The molecule has 6 nitrogen and oxygen atoms in total. The van der Waals surface area contributed by atoms with Gasteiger partial charge >= 0.3 is 17.9 Å². The number of allylic oxidation sites excluding steroid dienone is 10. The van der Waals surface area contributed by atoms with E-state index in [1.807, 2.05) is 0 Å². The van der Waals surface area contributed by atoms with Crippen molar-refractivity contribution in [1.82, 2.24) is 0 Å². The fourth-order valence-electron chi connectivity index (χ4n) is 7.74. The van der Waals surface area contributed by atoms with Crippen molar-refractivity contribution in [2.24, 2.45) is 0 Å². The Hall–Kier alpha value is -2.89. The number of hydrogen-bond acceptors (Lipinski definition) is 6. The van der Waals surface area contributed by atoms with Gasteiger partial charge in [0, 0.05) is 19.3 Å². The second-order valence-corrected chi connectivity index (χ2v) is 18.5. The van der Waals surface area contributed by atoms with Gasteiger partial charge in [0.25, 0.3) is 0 Å². The first-order valence-corrected chi connectivity index (χ1v) is 27.8. The summed E-state index contributed by atoms with van der Waals surface area (Å²) in [7, 11) is 0. The summed E-state index contributed by atoms with van der Waals surface area (Å²) >= 11 is 0. The van der Waals surface area contributed by atoms with E-state index in [1.165, 1.54) is 135 Å². The number of carbonyl (C=O) groups excluding carboxylic acids is 3. The molecule has 0 fully saturated rings. The summed E-state index contributed by atoms with van der Waals surface area (Å²) < 4.78 is 16.8. The number of unbranched alkanes of at least 4 members (excludes halogenated alkanes) is 29. The van der Waals surface area contributed by atoms with Crippen molar-refractivity contribution in [1.29, 1.82) is 0 Å². The Morgan fingerprint density at radius 1 is 0.308 bits per heavy atom. The molecule has 6 heteroatoms. The smallest absolute Gasteiger partial charge is 0.306 e. The zero-order valence-corrected chi connectivity index (χ0v) is 43.0. The Kier molecular flexibility index (Phi) is 51.3. The average Bonchev–Trinajstić information content (AvgIpc) is 3.30. The maximum absolute atomic E-state index is 12.8. The Bertz CT molecular complexity index is 1180. The monoisotopic (exact) mass is 909 g/mol. The van der Waals surface area contributed by atoms with Crippen LogP contribution in [0.25, 0.3) is 0 Å². The molecule has 0 rings (SSSR count). The second kappa shape index (κ2) is 53.7. The van der Waals surface area contributed by atoms with Gasteiger partial charge in [-0.3, -0.25) is 14.4 Å². The van der Waals surface area contributed by atoms with E-state index in [4.69, 9.17) is 14.2 Å². The van der Waals surface area contributed by atoms with Gasteiger partial charge in [-0.15, -0.1) is 0 Å². The molecule has 65 heavy (non-hydrogen) atoms. The largest absolute Gasteiger partial charge is 0.462 e. The van der Waals surface area contributed by atoms with Crippen molar-refractivity contribution in [3.8, 4) is 0 Å². The molecule has 0 bridgehead atoms. The van der Waals surface area contributed by atoms with Crippen LogP contribution in [-0.4, -0.2) is 37.2 Å². The van der Waals surface area contributed by atoms with Gasteiger partial charge in [0.05, 0.1) is 0 Å². The van der Waals surface area contributed by atoms with Gasteiger partial charge in [-0.1, -0.05) is 216 Å². The van der Waals surface area contributed by atoms with Gasteiger partial charge in [-0.2, -0.15) is 0 Å². The molecule has 0 N–H and O–H groups in total. The van der Waals surface area contributed by atoms with E-state index in [0.717, 1.165) is 103 Å². The molecule has 0 saturated heterocycles. The lowest BCUT2D eigenvalue weighted by molar-refractivity contribution is -0.167. The van der Waals surface area contributed by atoms with Crippen LogP contribution in [0.2, 0.25) is 0 Å². The van der Waals surface area contributed by atoms with E-state index >= 15 is 0 Å². The third kappa shape index (κ3) is 51.9. The first kappa shape index (κ1) is 62.1. The van der Waals surface area contributed by atoms with E-state index in [1.54, 1.807) is 0 Å². The van der Waals surface area contributed by atoms with Gasteiger partial charge in [0.1, 0.15) is 13.2 Å². The number of rotatable bonds is 50. The minimum Gasteiger partial charge on any atom is -0.462 e. The summed E-state index contributed by atoms with van der Waals surface area (Å²) in [4.78, 5) is 38.0. The standard InChI is InChI=1S/C59H104O6/c1-4-7-10-13-16-19-22-25-26-27-28-29-30-31-32-35-37-40-43-46-49-52-58(61)64-55-56(65-59(62)53-50-47-44-41-38-34-24-21-18-15-12-9-6-3)54-63-57(60)51-48-45-42-39-36-33-23-20-17-14-11-8-5-2/h12,15,20-25,27-28,56H,4-11,13-14,16-19,26,29-55H2,1-3H3/b15-12-,23-20-,24-21-,25-22-,28-27-. The molecule has 0 heterocycles. The number of hydrogen-bond donors (Lipinski definition) is 0. The molecular weight excluding hydrogens is 805 g/mol. The fraction of sp³-hybridized carbons (Fsp3) is 0.780. The zero-order chi connectivity index (χ0) is 47.2. The van der Waals surface area contributed by atoms with Crippen LogP contribution in [0.3, 0.4) is 0 Å². The first-order valence-electron chi connectivity index (χ1n) is 27.8. The van der Waals surface area contributed by atoms with Crippen LogP contribution < -0.4 is 0 Å². The lowest BCUT2D eigenvalue weighted by Crippen LogP contribution is -2.30. The van der Waals surface area contributed by atoms with E-state index in [2.05, 4.69) is 81.5 Å². The minimum atomic E-state index is -0.786. The van der Waals surface area contributed by atoms with Gasteiger partial charge in [-0.25, -0.2) is 0 Å². The molecule has 0 aliphatic heterocycles. The van der Waals surface area contributed by atoms with Crippen LogP contribution in [0.15, 0.2) is 60.8 Å². The van der Waals surface area contributed by atoms with Crippen molar-refractivity contribution in [3.05, 3.63) is 60.8 Å². The van der Waals surface area contributed by atoms with Gasteiger partial charge in [0.2, 0.25) is 0 Å². The van der Waals surface area contributed by atoms with Crippen molar-refractivity contribution in [2.75, 3.05) is 13.2 Å². The molecule has 0 amide bonds. The van der Waals surface area contributed by atoms with E-state index in [0.29, 0.717) is 19.3 Å². The molecule has 376 valence electrons.